The zero-order valence-corrected chi connectivity index (χ0v) is 12.7. The van der Waals surface area contributed by atoms with Gasteiger partial charge in [-0.05, 0) is 13.3 Å². The molecule has 0 aliphatic carbocycles. The lowest BCUT2D eigenvalue weighted by Crippen LogP contribution is -2.17. The predicted octanol–water partition coefficient (Wildman–Crippen LogP) is 3.54. The Labute approximate surface area is 120 Å². The number of nitrogens with one attached hydrogen (secondary N) is 2. The maximum absolute atomic E-state index is 4.57. The van der Waals surface area contributed by atoms with Gasteiger partial charge in [0.15, 0.2) is 11.5 Å². The molecule has 0 radical (unpaired) electrons. The molecule has 5 heteroatoms. The van der Waals surface area contributed by atoms with Gasteiger partial charge in [0.25, 0.3) is 0 Å². The summed E-state index contributed by atoms with van der Waals surface area (Å²) in [6.07, 6.45) is 12.0. The third-order valence-corrected chi connectivity index (χ3v) is 3.50. The zero-order chi connectivity index (χ0) is 14.4. The second-order valence-corrected chi connectivity index (χ2v) is 5.28. The van der Waals surface area contributed by atoms with Gasteiger partial charge in [-0.2, -0.15) is 0 Å². The minimum absolute atomic E-state index is 0.409. The highest BCUT2D eigenvalue weighted by Crippen LogP contribution is 2.18. The van der Waals surface area contributed by atoms with E-state index >= 15 is 0 Å². The summed E-state index contributed by atoms with van der Waals surface area (Å²) in [4.78, 5) is 8.94. The first-order valence-electron chi connectivity index (χ1n) is 7.52. The van der Waals surface area contributed by atoms with Crippen molar-refractivity contribution in [2.24, 2.45) is 0 Å². The molecule has 2 aromatic heterocycles. The van der Waals surface area contributed by atoms with Crippen LogP contribution < -0.4 is 10.6 Å². The highest BCUT2D eigenvalue weighted by atomic mass is 15.1. The third-order valence-electron chi connectivity index (χ3n) is 3.50. The Balaban J connectivity index is 2.02. The molecule has 1 unspecified atom stereocenters. The number of aromatic nitrogens is 3. The molecule has 2 rings (SSSR count). The van der Waals surface area contributed by atoms with Crippen LogP contribution in [0.25, 0.3) is 5.65 Å². The van der Waals surface area contributed by atoms with E-state index in [0.717, 1.165) is 17.3 Å². The fourth-order valence-corrected chi connectivity index (χ4v) is 2.33. The van der Waals surface area contributed by atoms with Gasteiger partial charge in [-0.1, -0.05) is 32.6 Å². The van der Waals surface area contributed by atoms with Crippen molar-refractivity contribution in [1.29, 1.82) is 0 Å². The van der Waals surface area contributed by atoms with Crippen LogP contribution in [0.5, 0.6) is 0 Å². The smallest absolute Gasteiger partial charge is 0.180 e. The standard InChI is InChI=1S/C15H25N5/c1-4-5-6-7-8-12(2)18-14-15-17-9-10-20(15)11-13(16-3)19-14/h9-12,16H,4-8H2,1-3H3,(H,18,19). The number of hydrogen-bond donors (Lipinski definition) is 2. The Morgan fingerprint density at radius 2 is 2.15 bits per heavy atom. The lowest BCUT2D eigenvalue weighted by molar-refractivity contribution is 0.593. The minimum atomic E-state index is 0.409. The summed E-state index contributed by atoms with van der Waals surface area (Å²) in [6, 6.07) is 0.409. The van der Waals surface area contributed by atoms with Gasteiger partial charge in [0.2, 0.25) is 0 Å². The number of hydrogen-bond acceptors (Lipinski definition) is 4. The van der Waals surface area contributed by atoms with Crippen molar-refractivity contribution in [3.05, 3.63) is 18.6 Å². The van der Waals surface area contributed by atoms with E-state index in [1.165, 1.54) is 32.1 Å². The molecule has 110 valence electrons. The van der Waals surface area contributed by atoms with Crippen LogP contribution in [0, 0.1) is 0 Å². The van der Waals surface area contributed by atoms with Crippen LogP contribution in [-0.2, 0) is 0 Å². The Morgan fingerprint density at radius 3 is 2.90 bits per heavy atom. The molecular weight excluding hydrogens is 250 g/mol. The molecule has 0 amide bonds. The van der Waals surface area contributed by atoms with Gasteiger partial charge in [0, 0.05) is 25.5 Å². The van der Waals surface area contributed by atoms with E-state index in [1.54, 1.807) is 6.20 Å². The van der Waals surface area contributed by atoms with Crippen LogP contribution in [0.3, 0.4) is 0 Å². The number of fused-ring (bicyclic) bond motifs is 1. The van der Waals surface area contributed by atoms with E-state index in [4.69, 9.17) is 0 Å². The van der Waals surface area contributed by atoms with E-state index in [-0.39, 0.29) is 0 Å². The third kappa shape index (κ3) is 3.62. The molecule has 0 fully saturated rings. The first kappa shape index (κ1) is 14.6. The van der Waals surface area contributed by atoms with Gasteiger partial charge in [-0.15, -0.1) is 0 Å². The van der Waals surface area contributed by atoms with Crippen LogP contribution in [0.1, 0.15) is 46.0 Å². The van der Waals surface area contributed by atoms with Gasteiger partial charge >= 0.3 is 0 Å². The highest BCUT2D eigenvalue weighted by molar-refractivity contribution is 5.65. The van der Waals surface area contributed by atoms with Crippen molar-refractivity contribution in [1.82, 2.24) is 14.4 Å². The van der Waals surface area contributed by atoms with Crippen molar-refractivity contribution in [2.45, 2.75) is 52.0 Å². The van der Waals surface area contributed by atoms with Crippen molar-refractivity contribution in [3.63, 3.8) is 0 Å². The van der Waals surface area contributed by atoms with Crippen molar-refractivity contribution in [2.75, 3.05) is 17.7 Å². The molecule has 0 aliphatic heterocycles. The number of imidazole rings is 1. The maximum atomic E-state index is 4.57. The number of nitrogens with zero attached hydrogens (tertiary/aromatic N) is 3. The quantitative estimate of drug-likeness (QED) is 0.723. The number of rotatable bonds is 8. The van der Waals surface area contributed by atoms with E-state index in [1.807, 2.05) is 23.8 Å². The lowest BCUT2D eigenvalue weighted by atomic mass is 10.1. The molecule has 1 atom stereocenters. The summed E-state index contributed by atoms with van der Waals surface area (Å²) in [5.74, 6) is 1.70. The van der Waals surface area contributed by atoms with E-state index in [0.29, 0.717) is 6.04 Å². The van der Waals surface area contributed by atoms with Gasteiger partial charge < -0.3 is 15.0 Å². The molecule has 0 saturated carbocycles. The lowest BCUT2D eigenvalue weighted by Gasteiger charge is -2.15. The highest BCUT2D eigenvalue weighted by Gasteiger charge is 2.09. The molecule has 0 aromatic carbocycles. The Bertz CT molecular complexity index is 534. The molecule has 2 heterocycles. The minimum Gasteiger partial charge on any atom is -0.372 e. The number of unbranched alkanes of at least 4 members (excludes halogenated alkanes) is 3. The predicted molar refractivity (Wildman–Crippen MR) is 84.4 cm³/mol. The largest absolute Gasteiger partial charge is 0.372 e. The summed E-state index contributed by atoms with van der Waals surface area (Å²) in [5.41, 5.74) is 0.879. The molecule has 0 bridgehead atoms. The van der Waals surface area contributed by atoms with E-state index < -0.39 is 0 Å². The SMILES string of the molecule is CCCCCCC(C)Nc1nc(NC)cn2ccnc12. The molecule has 5 nitrogen and oxygen atoms in total. The summed E-state index contributed by atoms with van der Waals surface area (Å²) < 4.78 is 1.99. The molecule has 2 aromatic rings. The Morgan fingerprint density at radius 1 is 1.30 bits per heavy atom. The van der Waals surface area contributed by atoms with Crippen LogP contribution in [0.15, 0.2) is 18.6 Å². The Hall–Kier alpha value is -1.78. The number of anilines is 2. The van der Waals surface area contributed by atoms with Crippen molar-refractivity contribution >= 4 is 17.3 Å². The van der Waals surface area contributed by atoms with Gasteiger partial charge in [-0.3, -0.25) is 0 Å². The molecule has 0 spiro atoms. The average Bonchev–Trinajstić information content (AvgIpc) is 2.92. The van der Waals surface area contributed by atoms with Gasteiger partial charge in [-0.25, -0.2) is 9.97 Å². The summed E-state index contributed by atoms with van der Waals surface area (Å²) in [7, 11) is 1.88. The van der Waals surface area contributed by atoms with Crippen molar-refractivity contribution in [3.8, 4) is 0 Å². The summed E-state index contributed by atoms with van der Waals surface area (Å²) >= 11 is 0. The monoisotopic (exact) mass is 275 g/mol. The molecule has 20 heavy (non-hydrogen) atoms. The molecule has 2 N–H and O–H groups in total. The van der Waals surface area contributed by atoms with Crippen molar-refractivity contribution < 1.29 is 0 Å². The van der Waals surface area contributed by atoms with Crippen LogP contribution in [0.2, 0.25) is 0 Å². The zero-order valence-electron chi connectivity index (χ0n) is 12.7. The van der Waals surface area contributed by atoms with Gasteiger partial charge in [0.05, 0.1) is 6.20 Å². The fraction of sp³-hybridized carbons (Fsp3) is 0.600. The van der Waals surface area contributed by atoms with E-state index in [9.17, 15) is 0 Å². The van der Waals surface area contributed by atoms with Gasteiger partial charge in [0.1, 0.15) is 5.82 Å². The van der Waals surface area contributed by atoms with Crippen LogP contribution in [-0.4, -0.2) is 27.5 Å². The fourth-order valence-electron chi connectivity index (χ4n) is 2.33. The first-order chi connectivity index (χ1) is 9.74. The first-order valence-corrected chi connectivity index (χ1v) is 7.52. The summed E-state index contributed by atoms with van der Waals surface area (Å²) in [5, 5.41) is 6.57. The molecule has 0 aliphatic rings. The van der Waals surface area contributed by atoms with Crippen LogP contribution in [0.4, 0.5) is 11.6 Å². The summed E-state index contributed by atoms with van der Waals surface area (Å²) in [6.45, 7) is 4.45. The maximum Gasteiger partial charge on any atom is 0.180 e. The van der Waals surface area contributed by atoms with E-state index in [2.05, 4.69) is 34.4 Å². The average molecular weight is 275 g/mol. The normalized spacial score (nSPS) is 12.6. The second-order valence-electron chi connectivity index (χ2n) is 5.28. The topological polar surface area (TPSA) is 54.2 Å². The molecular formula is C15H25N5. The Kier molecular flexibility index (Phi) is 5.21. The van der Waals surface area contributed by atoms with Crippen LogP contribution >= 0.6 is 0 Å². The second kappa shape index (κ2) is 7.12. The molecule has 0 saturated heterocycles.